The molecular weight excluding hydrogens is 428 g/mol. The number of rotatable bonds is 9. The Morgan fingerprint density at radius 3 is 2.81 bits per heavy atom. The Labute approximate surface area is 190 Å². The number of hydrogen-bond acceptors (Lipinski definition) is 7. The minimum atomic E-state index is -0.120. The van der Waals surface area contributed by atoms with E-state index in [9.17, 15) is 10.1 Å². The van der Waals surface area contributed by atoms with Crippen molar-refractivity contribution in [3.8, 4) is 23.1 Å². The number of para-hydroxylation sites is 1. The highest BCUT2D eigenvalue weighted by Gasteiger charge is 2.13. The zero-order valence-corrected chi connectivity index (χ0v) is 19.3. The first-order valence-corrected chi connectivity index (χ1v) is 11.8. The molecule has 0 atom stereocenters. The molecule has 6 nitrogen and oxygen atoms in total. The summed E-state index contributed by atoms with van der Waals surface area (Å²) in [5, 5.41) is 15.3. The molecule has 0 aliphatic heterocycles. The number of nitrogens with one attached hydrogen (secondary N) is 1. The van der Waals surface area contributed by atoms with Gasteiger partial charge in [0.1, 0.15) is 16.8 Å². The first-order valence-electron chi connectivity index (χ1n) is 9.91. The van der Waals surface area contributed by atoms with E-state index in [0.29, 0.717) is 33.8 Å². The number of hydrogen-bond donors (Lipinski definition) is 1. The summed E-state index contributed by atoms with van der Waals surface area (Å²) in [5.41, 5.74) is 3.15. The lowest BCUT2D eigenvalue weighted by Crippen LogP contribution is -2.12. The first-order chi connectivity index (χ1) is 15.0. The van der Waals surface area contributed by atoms with E-state index in [2.05, 4.69) is 35.2 Å². The lowest BCUT2D eigenvalue weighted by atomic mass is 10.1. The number of carbonyl (C=O) groups is 1. The number of thiazole rings is 1. The van der Waals surface area contributed by atoms with E-state index in [-0.39, 0.29) is 5.91 Å². The molecule has 3 rings (SSSR count). The van der Waals surface area contributed by atoms with Crippen LogP contribution in [0, 0.1) is 17.2 Å². The average molecular weight is 453 g/mol. The zero-order valence-electron chi connectivity index (χ0n) is 17.7. The van der Waals surface area contributed by atoms with Crippen molar-refractivity contribution in [2.45, 2.75) is 31.7 Å². The lowest BCUT2D eigenvalue weighted by molar-refractivity contribution is -0.115. The molecule has 2 aromatic heterocycles. The zero-order chi connectivity index (χ0) is 22.2. The van der Waals surface area contributed by atoms with Crippen molar-refractivity contribution >= 4 is 34.1 Å². The molecule has 0 spiro atoms. The normalized spacial score (nSPS) is 10.7. The van der Waals surface area contributed by atoms with E-state index in [1.165, 1.54) is 23.1 Å². The van der Waals surface area contributed by atoms with Crippen molar-refractivity contribution in [2.24, 2.45) is 5.92 Å². The summed E-state index contributed by atoms with van der Waals surface area (Å²) >= 11 is 2.81. The second kappa shape index (κ2) is 10.9. The van der Waals surface area contributed by atoms with Crippen molar-refractivity contribution in [1.29, 1.82) is 5.26 Å². The van der Waals surface area contributed by atoms with E-state index in [0.717, 1.165) is 29.1 Å². The number of benzene rings is 1. The Morgan fingerprint density at radius 2 is 2.06 bits per heavy atom. The standard InChI is InChI=1S/C23H24N4O2S2/c1-15(2)12-17-9-8-16(13-24)22(25-17)30-11-10-21(28)27-23-26-19(14-31-23)18-6-4-5-7-20(18)29-3/h4-9,14-15H,10-12H2,1-3H3,(H,26,27,28). The minimum absolute atomic E-state index is 0.120. The van der Waals surface area contributed by atoms with Crippen LogP contribution < -0.4 is 10.1 Å². The fourth-order valence-electron chi connectivity index (χ4n) is 2.94. The molecule has 3 aromatic rings. The second-order valence-corrected chi connectivity index (χ2v) is 9.19. The molecule has 0 bridgehead atoms. The summed E-state index contributed by atoms with van der Waals surface area (Å²) in [5.74, 6) is 1.64. The summed E-state index contributed by atoms with van der Waals surface area (Å²) in [4.78, 5) is 21.5. The van der Waals surface area contributed by atoms with Gasteiger partial charge >= 0.3 is 0 Å². The van der Waals surface area contributed by atoms with Crippen LogP contribution in [0.4, 0.5) is 5.13 Å². The highest BCUT2D eigenvalue weighted by molar-refractivity contribution is 7.99. The second-order valence-electron chi connectivity index (χ2n) is 7.25. The Hall–Kier alpha value is -2.89. The lowest BCUT2D eigenvalue weighted by Gasteiger charge is -2.08. The van der Waals surface area contributed by atoms with Crippen molar-refractivity contribution in [3.05, 3.63) is 53.0 Å². The predicted molar refractivity (Wildman–Crippen MR) is 126 cm³/mol. The third kappa shape index (κ3) is 6.29. The van der Waals surface area contributed by atoms with Crippen LogP contribution in [0.3, 0.4) is 0 Å². The fraction of sp³-hybridized carbons (Fsp3) is 0.304. The van der Waals surface area contributed by atoms with Crippen molar-refractivity contribution in [3.63, 3.8) is 0 Å². The van der Waals surface area contributed by atoms with E-state index in [1.54, 1.807) is 7.11 Å². The van der Waals surface area contributed by atoms with Crippen LogP contribution in [-0.4, -0.2) is 28.7 Å². The van der Waals surface area contributed by atoms with Gasteiger partial charge in [0.05, 0.1) is 18.4 Å². The van der Waals surface area contributed by atoms with Gasteiger partial charge in [-0.05, 0) is 36.6 Å². The van der Waals surface area contributed by atoms with E-state index in [1.807, 2.05) is 41.8 Å². The summed E-state index contributed by atoms with van der Waals surface area (Å²) < 4.78 is 5.38. The number of anilines is 1. The third-order valence-corrected chi connectivity index (χ3v) is 6.11. The Morgan fingerprint density at radius 1 is 1.26 bits per heavy atom. The van der Waals surface area contributed by atoms with Crippen molar-refractivity contribution in [1.82, 2.24) is 9.97 Å². The van der Waals surface area contributed by atoms with Gasteiger partial charge in [-0.1, -0.05) is 26.0 Å². The van der Waals surface area contributed by atoms with Crippen molar-refractivity contribution < 1.29 is 9.53 Å². The molecule has 0 aliphatic rings. The predicted octanol–water partition coefficient (Wildman–Crippen LogP) is 5.40. The number of nitrogens with zero attached hydrogens (tertiary/aromatic N) is 3. The monoisotopic (exact) mass is 452 g/mol. The summed E-state index contributed by atoms with van der Waals surface area (Å²) in [6.45, 7) is 4.27. The van der Waals surface area contributed by atoms with Crippen LogP contribution in [-0.2, 0) is 11.2 Å². The third-order valence-electron chi connectivity index (χ3n) is 4.36. The number of pyridine rings is 1. The van der Waals surface area contributed by atoms with Gasteiger partial charge in [-0.25, -0.2) is 9.97 Å². The van der Waals surface area contributed by atoms with Gasteiger partial charge in [-0.3, -0.25) is 4.79 Å². The Bertz CT molecular complexity index is 1090. The molecule has 0 saturated carbocycles. The number of methoxy groups -OCH3 is 1. The maximum absolute atomic E-state index is 12.4. The van der Waals surface area contributed by atoms with Gasteiger partial charge in [0.25, 0.3) is 0 Å². The van der Waals surface area contributed by atoms with Gasteiger partial charge in [0.15, 0.2) is 5.13 Å². The van der Waals surface area contributed by atoms with Crippen LogP contribution in [0.2, 0.25) is 0 Å². The number of amides is 1. The summed E-state index contributed by atoms with van der Waals surface area (Å²) in [6.07, 6.45) is 1.16. The maximum atomic E-state index is 12.4. The van der Waals surface area contributed by atoms with Crippen LogP contribution in [0.1, 0.15) is 31.5 Å². The number of aromatic nitrogens is 2. The van der Waals surface area contributed by atoms with Crippen LogP contribution in [0.5, 0.6) is 5.75 Å². The largest absolute Gasteiger partial charge is 0.496 e. The molecule has 0 saturated heterocycles. The maximum Gasteiger partial charge on any atom is 0.226 e. The molecule has 0 fully saturated rings. The number of thioether (sulfide) groups is 1. The molecule has 8 heteroatoms. The molecule has 0 unspecified atom stereocenters. The van der Waals surface area contributed by atoms with Gasteiger partial charge < -0.3 is 10.1 Å². The topological polar surface area (TPSA) is 87.9 Å². The molecule has 1 amide bonds. The van der Waals surface area contributed by atoms with Gasteiger partial charge in [0, 0.05) is 28.8 Å². The van der Waals surface area contributed by atoms with Crippen LogP contribution in [0.25, 0.3) is 11.3 Å². The molecule has 0 radical (unpaired) electrons. The molecule has 160 valence electrons. The molecule has 2 heterocycles. The quantitative estimate of drug-likeness (QED) is 0.437. The Balaban J connectivity index is 1.57. The van der Waals surface area contributed by atoms with Crippen LogP contribution >= 0.6 is 23.1 Å². The minimum Gasteiger partial charge on any atom is -0.496 e. The van der Waals surface area contributed by atoms with Gasteiger partial charge in [0.2, 0.25) is 5.91 Å². The first kappa shape index (κ1) is 22.8. The highest BCUT2D eigenvalue weighted by Crippen LogP contribution is 2.32. The van der Waals surface area contributed by atoms with Gasteiger partial charge in [-0.2, -0.15) is 5.26 Å². The summed E-state index contributed by atoms with van der Waals surface area (Å²) in [6, 6.07) is 13.5. The molecule has 0 aliphatic carbocycles. The number of carbonyl (C=O) groups excluding carboxylic acids is 1. The molecule has 31 heavy (non-hydrogen) atoms. The average Bonchev–Trinajstić information content (AvgIpc) is 3.21. The number of ether oxygens (including phenoxy) is 1. The molecule has 1 N–H and O–H groups in total. The summed E-state index contributed by atoms with van der Waals surface area (Å²) in [7, 11) is 1.62. The van der Waals surface area contributed by atoms with Crippen LogP contribution in [0.15, 0.2) is 46.8 Å². The van der Waals surface area contributed by atoms with E-state index >= 15 is 0 Å². The van der Waals surface area contributed by atoms with Gasteiger partial charge in [-0.15, -0.1) is 23.1 Å². The van der Waals surface area contributed by atoms with E-state index < -0.39 is 0 Å². The smallest absolute Gasteiger partial charge is 0.226 e. The number of nitriles is 1. The molecule has 1 aromatic carbocycles. The van der Waals surface area contributed by atoms with Crippen molar-refractivity contribution in [2.75, 3.05) is 18.2 Å². The molecular formula is C23H24N4O2S2. The Kier molecular flexibility index (Phi) is 8.04. The SMILES string of the molecule is COc1ccccc1-c1csc(NC(=O)CCSc2nc(CC(C)C)ccc2C#N)n1. The fourth-order valence-corrected chi connectivity index (χ4v) is 4.60. The highest BCUT2D eigenvalue weighted by atomic mass is 32.2. The van der Waals surface area contributed by atoms with E-state index in [4.69, 9.17) is 4.74 Å².